The van der Waals surface area contributed by atoms with Crippen LogP contribution in [0.1, 0.15) is 5.56 Å². The molecule has 2 aromatic rings. The molecule has 3 rings (SSSR count). The number of methoxy groups -OCH3 is 1. The van der Waals surface area contributed by atoms with Crippen molar-refractivity contribution in [2.24, 2.45) is 15.7 Å². The number of hydrogen-bond donors (Lipinski definition) is 1. The van der Waals surface area contributed by atoms with Gasteiger partial charge in [0.1, 0.15) is 17.9 Å². The Labute approximate surface area is 138 Å². The normalized spacial score (nSPS) is 16.7. The van der Waals surface area contributed by atoms with E-state index in [1.807, 2.05) is 18.2 Å². The first-order chi connectivity index (χ1) is 11.6. The SMILES string of the molecule is COc1ccccc1C1=NC=NC(N)N1c1cccc([N+](=O)[O-])c1. The van der Waals surface area contributed by atoms with Crippen LogP contribution in [-0.4, -0.2) is 30.5 Å². The van der Waals surface area contributed by atoms with Crippen LogP contribution in [0.5, 0.6) is 5.75 Å². The van der Waals surface area contributed by atoms with E-state index < -0.39 is 11.2 Å². The number of amidine groups is 1. The Kier molecular flexibility index (Phi) is 4.21. The lowest BCUT2D eigenvalue weighted by atomic mass is 10.1. The third-order valence-corrected chi connectivity index (χ3v) is 3.56. The monoisotopic (exact) mass is 325 g/mol. The minimum atomic E-state index is -0.746. The number of nitrogens with two attached hydrogens (primary N) is 1. The minimum Gasteiger partial charge on any atom is -0.496 e. The molecule has 0 amide bonds. The summed E-state index contributed by atoms with van der Waals surface area (Å²) in [4.78, 5) is 20.6. The highest BCUT2D eigenvalue weighted by molar-refractivity contribution is 6.15. The summed E-state index contributed by atoms with van der Waals surface area (Å²) in [5.41, 5.74) is 7.30. The van der Waals surface area contributed by atoms with Gasteiger partial charge >= 0.3 is 0 Å². The first-order valence-corrected chi connectivity index (χ1v) is 7.14. The second kappa shape index (κ2) is 6.47. The average Bonchev–Trinajstić information content (AvgIpc) is 2.61. The number of nitro benzene ring substituents is 1. The topological polar surface area (TPSA) is 106 Å². The van der Waals surface area contributed by atoms with E-state index in [0.29, 0.717) is 22.8 Å². The maximum Gasteiger partial charge on any atom is 0.271 e. The van der Waals surface area contributed by atoms with E-state index in [9.17, 15) is 10.1 Å². The van der Waals surface area contributed by atoms with Crippen LogP contribution in [0.4, 0.5) is 11.4 Å². The van der Waals surface area contributed by atoms with Crippen molar-refractivity contribution in [3.63, 3.8) is 0 Å². The standard InChI is InChI=1S/C16H15N5O3/c1-24-14-8-3-2-7-13(14)15-18-10-19-16(17)20(15)11-5-4-6-12(9-11)21(22)23/h2-10,16H,17H2,1H3. The molecule has 8 nitrogen and oxygen atoms in total. The number of non-ortho nitro benzene ring substituents is 1. The first-order valence-electron chi connectivity index (χ1n) is 7.14. The number of hydrogen-bond acceptors (Lipinski definition) is 7. The summed E-state index contributed by atoms with van der Waals surface area (Å²) in [6.07, 6.45) is 0.629. The van der Waals surface area contributed by atoms with Gasteiger partial charge in [-0.2, -0.15) is 0 Å². The zero-order chi connectivity index (χ0) is 17.1. The lowest BCUT2D eigenvalue weighted by Gasteiger charge is -2.31. The molecule has 1 unspecified atom stereocenters. The maximum absolute atomic E-state index is 11.0. The summed E-state index contributed by atoms with van der Waals surface area (Å²) in [7, 11) is 1.56. The van der Waals surface area contributed by atoms with Crippen molar-refractivity contribution in [3.8, 4) is 5.75 Å². The van der Waals surface area contributed by atoms with Crippen molar-refractivity contribution in [1.82, 2.24) is 0 Å². The molecule has 1 heterocycles. The van der Waals surface area contributed by atoms with E-state index in [0.717, 1.165) is 0 Å². The van der Waals surface area contributed by atoms with Crippen molar-refractivity contribution in [3.05, 3.63) is 64.2 Å². The number of benzene rings is 2. The highest BCUT2D eigenvalue weighted by Gasteiger charge is 2.26. The molecule has 1 atom stereocenters. The Hall–Kier alpha value is -3.26. The Morgan fingerprint density at radius 3 is 2.79 bits per heavy atom. The van der Waals surface area contributed by atoms with Crippen LogP contribution in [0.2, 0.25) is 0 Å². The quantitative estimate of drug-likeness (QED) is 0.684. The molecule has 0 fully saturated rings. The smallest absolute Gasteiger partial charge is 0.271 e. The van der Waals surface area contributed by atoms with Gasteiger partial charge in [-0.1, -0.05) is 18.2 Å². The summed E-state index contributed by atoms with van der Waals surface area (Å²) in [6.45, 7) is 0. The van der Waals surface area contributed by atoms with Gasteiger partial charge in [0, 0.05) is 12.1 Å². The number of aliphatic imine (C=N–C) groups is 2. The molecular weight excluding hydrogens is 310 g/mol. The molecule has 0 aromatic heterocycles. The van der Waals surface area contributed by atoms with Crippen molar-refractivity contribution in [2.45, 2.75) is 6.29 Å². The highest BCUT2D eigenvalue weighted by atomic mass is 16.6. The Morgan fingerprint density at radius 1 is 1.25 bits per heavy atom. The Balaban J connectivity index is 2.11. The minimum absolute atomic E-state index is 0.0337. The largest absolute Gasteiger partial charge is 0.496 e. The summed E-state index contributed by atoms with van der Waals surface area (Å²) < 4.78 is 5.38. The third-order valence-electron chi connectivity index (χ3n) is 3.56. The molecule has 2 aromatic carbocycles. The van der Waals surface area contributed by atoms with Gasteiger partial charge in [-0.25, -0.2) is 9.98 Å². The zero-order valence-electron chi connectivity index (χ0n) is 12.9. The molecule has 8 heteroatoms. The van der Waals surface area contributed by atoms with Crippen molar-refractivity contribution < 1.29 is 9.66 Å². The van der Waals surface area contributed by atoms with Gasteiger partial charge < -0.3 is 4.74 Å². The molecule has 2 N–H and O–H groups in total. The fourth-order valence-corrected chi connectivity index (χ4v) is 2.47. The average molecular weight is 325 g/mol. The van der Waals surface area contributed by atoms with Gasteiger partial charge in [0.2, 0.25) is 0 Å². The molecule has 0 saturated heterocycles. The summed E-state index contributed by atoms with van der Waals surface area (Å²) in [6, 6.07) is 13.5. The summed E-state index contributed by atoms with van der Waals surface area (Å²) >= 11 is 0. The molecular formula is C16H15N5O3. The molecule has 0 radical (unpaired) electrons. The van der Waals surface area contributed by atoms with Gasteiger partial charge in [-0.15, -0.1) is 0 Å². The summed E-state index contributed by atoms with van der Waals surface area (Å²) in [5.74, 6) is 1.13. The number of anilines is 1. The van der Waals surface area contributed by atoms with Crippen LogP contribution in [0.25, 0.3) is 0 Å². The number of ether oxygens (including phenoxy) is 1. The number of nitro groups is 1. The molecule has 122 valence electrons. The zero-order valence-corrected chi connectivity index (χ0v) is 12.9. The molecule has 0 bridgehead atoms. The third kappa shape index (κ3) is 2.82. The van der Waals surface area contributed by atoms with E-state index in [2.05, 4.69) is 9.98 Å². The lowest BCUT2D eigenvalue weighted by Crippen LogP contribution is -2.47. The van der Waals surface area contributed by atoms with Crippen molar-refractivity contribution >= 4 is 23.5 Å². The fraction of sp³-hybridized carbons (Fsp3) is 0.125. The van der Waals surface area contributed by atoms with Gasteiger partial charge in [-0.05, 0) is 18.2 Å². The number of rotatable bonds is 4. The second-order valence-corrected chi connectivity index (χ2v) is 4.98. The molecule has 0 spiro atoms. The predicted octanol–water partition coefficient (Wildman–Crippen LogP) is 2.14. The first kappa shape index (κ1) is 15.6. The van der Waals surface area contributed by atoms with Crippen LogP contribution in [0.3, 0.4) is 0 Å². The maximum atomic E-state index is 11.0. The second-order valence-electron chi connectivity index (χ2n) is 4.98. The fourth-order valence-electron chi connectivity index (χ4n) is 2.47. The van der Waals surface area contributed by atoms with Crippen LogP contribution in [0.15, 0.2) is 58.5 Å². The molecule has 1 aliphatic heterocycles. The van der Waals surface area contributed by atoms with E-state index in [4.69, 9.17) is 10.5 Å². The Morgan fingerprint density at radius 2 is 2.04 bits per heavy atom. The predicted molar refractivity (Wildman–Crippen MR) is 91.6 cm³/mol. The molecule has 24 heavy (non-hydrogen) atoms. The van der Waals surface area contributed by atoms with Gasteiger partial charge in [0.05, 0.1) is 23.3 Å². The Bertz CT molecular complexity index is 834. The van der Waals surface area contributed by atoms with E-state index in [1.165, 1.54) is 18.5 Å². The molecule has 0 saturated carbocycles. The number of para-hydroxylation sites is 1. The lowest BCUT2D eigenvalue weighted by molar-refractivity contribution is -0.384. The van der Waals surface area contributed by atoms with Crippen LogP contribution in [0, 0.1) is 10.1 Å². The molecule has 1 aliphatic rings. The van der Waals surface area contributed by atoms with Crippen molar-refractivity contribution in [1.29, 1.82) is 0 Å². The van der Waals surface area contributed by atoms with Gasteiger partial charge in [-0.3, -0.25) is 20.7 Å². The van der Waals surface area contributed by atoms with Gasteiger partial charge in [0.25, 0.3) is 5.69 Å². The van der Waals surface area contributed by atoms with Crippen molar-refractivity contribution in [2.75, 3.05) is 12.0 Å². The highest BCUT2D eigenvalue weighted by Crippen LogP contribution is 2.28. The number of nitrogens with zero attached hydrogens (tertiary/aromatic N) is 4. The van der Waals surface area contributed by atoms with E-state index >= 15 is 0 Å². The summed E-state index contributed by atoms with van der Waals surface area (Å²) in [5, 5.41) is 11.0. The van der Waals surface area contributed by atoms with Crippen LogP contribution < -0.4 is 15.4 Å². The van der Waals surface area contributed by atoms with Crippen LogP contribution >= 0.6 is 0 Å². The van der Waals surface area contributed by atoms with E-state index in [1.54, 1.807) is 30.2 Å². The van der Waals surface area contributed by atoms with Crippen LogP contribution in [-0.2, 0) is 0 Å². The molecule has 0 aliphatic carbocycles. The van der Waals surface area contributed by atoms with Gasteiger partial charge in [0.15, 0.2) is 6.29 Å². The van der Waals surface area contributed by atoms with E-state index in [-0.39, 0.29) is 5.69 Å².